The third-order valence-corrected chi connectivity index (χ3v) is 3.08. The molecule has 0 saturated heterocycles. The predicted octanol–water partition coefficient (Wildman–Crippen LogP) is 2.76. The number of rotatable bonds is 2. The van der Waals surface area contributed by atoms with E-state index in [0.29, 0.717) is 0 Å². The van der Waals surface area contributed by atoms with Gasteiger partial charge in [0, 0.05) is 23.1 Å². The smallest absolute Gasteiger partial charge is 0.0561 e. The molecule has 1 atom stereocenters. The Balaban J connectivity index is 2.75. The lowest BCUT2D eigenvalue weighted by Gasteiger charge is -2.26. The second kappa shape index (κ2) is 4.41. The van der Waals surface area contributed by atoms with Crippen LogP contribution in [0.25, 0.3) is 0 Å². The van der Waals surface area contributed by atoms with Crippen molar-refractivity contribution in [2.45, 2.75) is 33.2 Å². The van der Waals surface area contributed by atoms with E-state index in [1.807, 2.05) is 12.1 Å². The predicted molar refractivity (Wildman–Crippen MR) is 63.1 cm³/mol. The summed E-state index contributed by atoms with van der Waals surface area (Å²) in [6, 6.07) is 4.04. The van der Waals surface area contributed by atoms with Gasteiger partial charge in [-0.1, -0.05) is 20.8 Å². The Morgan fingerprint density at radius 1 is 1.50 bits per heavy atom. The van der Waals surface area contributed by atoms with E-state index in [2.05, 4.69) is 41.7 Å². The van der Waals surface area contributed by atoms with Crippen LogP contribution in [0.1, 0.15) is 26.5 Å². The summed E-state index contributed by atoms with van der Waals surface area (Å²) in [4.78, 5) is 4.30. The summed E-state index contributed by atoms with van der Waals surface area (Å²) < 4.78 is 1.04. The van der Waals surface area contributed by atoms with E-state index in [1.54, 1.807) is 6.20 Å². The van der Waals surface area contributed by atoms with E-state index < -0.39 is 0 Å². The Labute approximate surface area is 94.0 Å². The molecule has 1 aromatic heterocycles. The third kappa shape index (κ3) is 3.07. The lowest BCUT2D eigenvalue weighted by molar-refractivity contribution is 0.316. The maximum Gasteiger partial charge on any atom is 0.0561 e. The van der Waals surface area contributed by atoms with Crippen LogP contribution < -0.4 is 5.73 Å². The van der Waals surface area contributed by atoms with Crippen molar-refractivity contribution in [3.8, 4) is 0 Å². The normalized spacial score (nSPS) is 14.1. The first-order valence-electron chi connectivity index (χ1n) is 4.76. The van der Waals surface area contributed by atoms with Gasteiger partial charge in [-0.3, -0.25) is 4.98 Å². The molecule has 2 N–H and O–H groups in total. The number of halogens is 1. The molecule has 0 bridgehead atoms. The van der Waals surface area contributed by atoms with Gasteiger partial charge in [0.2, 0.25) is 0 Å². The molecule has 0 radical (unpaired) electrons. The van der Waals surface area contributed by atoms with Gasteiger partial charge in [0.1, 0.15) is 0 Å². The van der Waals surface area contributed by atoms with Crippen molar-refractivity contribution in [3.63, 3.8) is 0 Å². The molecular formula is C11H17BrN2. The van der Waals surface area contributed by atoms with Crippen LogP contribution in [0.2, 0.25) is 0 Å². The van der Waals surface area contributed by atoms with Crippen LogP contribution in [-0.4, -0.2) is 11.0 Å². The van der Waals surface area contributed by atoms with Crippen molar-refractivity contribution in [1.82, 2.24) is 4.98 Å². The summed E-state index contributed by atoms with van der Waals surface area (Å²) in [6.07, 6.45) is 2.61. The Bertz CT molecular complexity index is 304. The molecule has 0 aliphatic rings. The fraction of sp³-hybridized carbons (Fsp3) is 0.545. The van der Waals surface area contributed by atoms with Crippen LogP contribution >= 0.6 is 15.9 Å². The molecule has 78 valence electrons. The Hall–Kier alpha value is -0.410. The van der Waals surface area contributed by atoms with Crippen molar-refractivity contribution < 1.29 is 0 Å². The number of nitrogens with zero attached hydrogens (tertiary/aromatic N) is 1. The molecular weight excluding hydrogens is 240 g/mol. The third-order valence-electron chi connectivity index (χ3n) is 2.36. The first-order valence-corrected chi connectivity index (χ1v) is 5.55. The molecule has 1 rings (SSSR count). The van der Waals surface area contributed by atoms with Gasteiger partial charge in [-0.15, -0.1) is 0 Å². The molecule has 2 nitrogen and oxygen atoms in total. The summed E-state index contributed by atoms with van der Waals surface area (Å²) in [7, 11) is 0. The van der Waals surface area contributed by atoms with Gasteiger partial charge in [-0.25, -0.2) is 0 Å². The van der Waals surface area contributed by atoms with E-state index in [0.717, 1.165) is 16.6 Å². The minimum Gasteiger partial charge on any atom is -0.327 e. The van der Waals surface area contributed by atoms with Crippen LogP contribution in [-0.2, 0) is 6.42 Å². The number of nitrogens with two attached hydrogens (primary N) is 1. The first kappa shape index (κ1) is 11.7. The highest BCUT2D eigenvalue weighted by molar-refractivity contribution is 9.10. The number of pyridine rings is 1. The fourth-order valence-corrected chi connectivity index (χ4v) is 1.50. The summed E-state index contributed by atoms with van der Waals surface area (Å²) in [5.74, 6) is 0. The molecule has 0 aliphatic carbocycles. The zero-order valence-corrected chi connectivity index (χ0v) is 10.5. The molecule has 0 saturated carbocycles. The summed E-state index contributed by atoms with van der Waals surface area (Å²) in [6.45, 7) is 6.44. The molecule has 0 aromatic carbocycles. The maximum atomic E-state index is 6.09. The molecule has 14 heavy (non-hydrogen) atoms. The summed E-state index contributed by atoms with van der Waals surface area (Å²) in [5.41, 5.74) is 7.25. The van der Waals surface area contributed by atoms with Crippen molar-refractivity contribution in [1.29, 1.82) is 0 Å². The SMILES string of the molecule is CC(C)(C)C(N)Cc1ncccc1Br. The van der Waals surface area contributed by atoms with E-state index in [9.17, 15) is 0 Å². The van der Waals surface area contributed by atoms with Gasteiger partial charge >= 0.3 is 0 Å². The van der Waals surface area contributed by atoms with E-state index in [4.69, 9.17) is 5.73 Å². The minimum absolute atomic E-state index is 0.122. The van der Waals surface area contributed by atoms with Crippen molar-refractivity contribution in [2.75, 3.05) is 0 Å². The van der Waals surface area contributed by atoms with Crippen LogP contribution in [0.5, 0.6) is 0 Å². The molecule has 1 heterocycles. The van der Waals surface area contributed by atoms with Gasteiger partial charge in [0.25, 0.3) is 0 Å². The van der Waals surface area contributed by atoms with Crippen LogP contribution in [0.15, 0.2) is 22.8 Å². The van der Waals surface area contributed by atoms with Gasteiger partial charge in [0.15, 0.2) is 0 Å². The van der Waals surface area contributed by atoms with E-state index >= 15 is 0 Å². The summed E-state index contributed by atoms with van der Waals surface area (Å²) >= 11 is 3.47. The topological polar surface area (TPSA) is 38.9 Å². The average molecular weight is 257 g/mol. The highest BCUT2D eigenvalue weighted by atomic mass is 79.9. The van der Waals surface area contributed by atoms with Gasteiger partial charge < -0.3 is 5.73 Å². The summed E-state index contributed by atoms with van der Waals surface area (Å²) in [5, 5.41) is 0. The lowest BCUT2D eigenvalue weighted by atomic mass is 9.85. The molecule has 1 unspecified atom stereocenters. The standard InChI is InChI=1S/C11H17BrN2/c1-11(2,3)10(13)7-9-8(12)5-4-6-14-9/h4-6,10H,7,13H2,1-3H3. The first-order chi connectivity index (χ1) is 6.41. The minimum atomic E-state index is 0.122. The van der Waals surface area contributed by atoms with Crippen molar-refractivity contribution in [2.24, 2.45) is 11.1 Å². The zero-order chi connectivity index (χ0) is 10.8. The highest BCUT2D eigenvalue weighted by Gasteiger charge is 2.21. The molecule has 0 spiro atoms. The molecule has 1 aromatic rings. The second-order valence-corrected chi connectivity index (χ2v) is 5.46. The van der Waals surface area contributed by atoms with Crippen LogP contribution in [0.4, 0.5) is 0 Å². The lowest BCUT2D eigenvalue weighted by Crippen LogP contribution is -2.37. The van der Waals surface area contributed by atoms with Crippen LogP contribution in [0.3, 0.4) is 0 Å². The molecule has 0 fully saturated rings. The fourth-order valence-electron chi connectivity index (χ4n) is 1.08. The van der Waals surface area contributed by atoms with Gasteiger partial charge in [0.05, 0.1) is 5.69 Å². The highest BCUT2D eigenvalue weighted by Crippen LogP contribution is 2.22. The molecule has 3 heteroatoms. The number of hydrogen-bond donors (Lipinski definition) is 1. The Morgan fingerprint density at radius 2 is 2.14 bits per heavy atom. The zero-order valence-electron chi connectivity index (χ0n) is 8.92. The van der Waals surface area contributed by atoms with Crippen molar-refractivity contribution in [3.05, 3.63) is 28.5 Å². The average Bonchev–Trinajstić information content (AvgIpc) is 2.07. The van der Waals surface area contributed by atoms with Crippen molar-refractivity contribution >= 4 is 15.9 Å². The second-order valence-electron chi connectivity index (χ2n) is 4.61. The van der Waals surface area contributed by atoms with Crippen LogP contribution in [0, 0.1) is 5.41 Å². The molecule has 0 aliphatic heterocycles. The quantitative estimate of drug-likeness (QED) is 0.884. The monoisotopic (exact) mass is 256 g/mol. The maximum absolute atomic E-state index is 6.09. The Morgan fingerprint density at radius 3 is 2.64 bits per heavy atom. The van der Waals surface area contributed by atoms with Gasteiger partial charge in [-0.2, -0.15) is 0 Å². The Kier molecular flexibility index (Phi) is 3.67. The van der Waals surface area contributed by atoms with E-state index in [1.165, 1.54) is 0 Å². The number of hydrogen-bond acceptors (Lipinski definition) is 2. The van der Waals surface area contributed by atoms with E-state index in [-0.39, 0.29) is 11.5 Å². The number of aromatic nitrogens is 1. The largest absolute Gasteiger partial charge is 0.327 e. The molecule has 0 amide bonds. The van der Waals surface area contributed by atoms with Gasteiger partial charge in [-0.05, 0) is 33.5 Å².